The Labute approximate surface area is 153 Å². The highest BCUT2D eigenvalue weighted by molar-refractivity contribution is 6.33. The molecule has 0 aliphatic heterocycles. The third-order valence-corrected chi connectivity index (χ3v) is 3.80. The topological polar surface area (TPSA) is 62.6 Å². The summed E-state index contributed by atoms with van der Waals surface area (Å²) in [4.78, 5) is 26.1. The fourth-order valence-corrected chi connectivity index (χ4v) is 2.60. The van der Waals surface area contributed by atoms with Gasteiger partial charge in [0.1, 0.15) is 5.76 Å². The highest BCUT2D eigenvalue weighted by Crippen LogP contribution is 2.29. The van der Waals surface area contributed by atoms with Crippen LogP contribution in [0.3, 0.4) is 0 Å². The van der Waals surface area contributed by atoms with E-state index in [9.17, 15) is 9.59 Å². The van der Waals surface area contributed by atoms with Crippen LogP contribution in [-0.2, 0) is 4.79 Å². The summed E-state index contributed by atoms with van der Waals surface area (Å²) in [6, 6.07) is 10.6. The Balaban J connectivity index is 2.14. The lowest BCUT2D eigenvalue weighted by Gasteiger charge is -2.24. The van der Waals surface area contributed by atoms with E-state index in [1.807, 2.05) is 45.9 Å². The molecule has 5 nitrogen and oxygen atoms in total. The maximum atomic E-state index is 12.6. The molecule has 1 N–H and O–H groups in total. The molecule has 1 aromatic heterocycles. The minimum Gasteiger partial charge on any atom is -0.451 e. The Morgan fingerprint density at radius 2 is 1.84 bits per heavy atom. The van der Waals surface area contributed by atoms with Crippen molar-refractivity contribution in [1.29, 1.82) is 0 Å². The maximum absolute atomic E-state index is 12.6. The van der Waals surface area contributed by atoms with Gasteiger partial charge in [0, 0.05) is 17.6 Å². The first-order valence-corrected chi connectivity index (χ1v) is 8.54. The predicted octanol–water partition coefficient (Wildman–Crippen LogP) is 3.98. The summed E-state index contributed by atoms with van der Waals surface area (Å²) >= 11 is 6.16. The summed E-state index contributed by atoms with van der Waals surface area (Å²) in [7, 11) is 0. The number of hydrogen-bond acceptors (Lipinski definition) is 3. The van der Waals surface area contributed by atoms with Crippen molar-refractivity contribution in [2.24, 2.45) is 0 Å². The molecule has 0 aliphatic carbocycles. The quantitative estimate of drug-likeness (QED) is 0.875. The molecule has 0 radical (unpaired) electrons. The van der Waals surface area contributed by atoms with Crippen molar-refractivity contribution in [1.82, 2.24) is 10.2 Å². The molecule has 2 rings (SSSR count). The van der Waals surface area contributed by atoms with Gasteiger partial charge in [-0.3, -0.25) is 9.59 Å². The van der Waals surface area contributed by atoms with Gasteiger partial charge < -0.3 is 14.6 Å². The fraction of sp³-hybridized carbons (Fsp3) is 0.368. The van der Waals surface area contributed by atoms with Gasteiger partial charge in [-0.15, -0.1) is 0 Å². The molecular formula is C19H23ClN2O3. The second-order valence-corrected chi connectivity index (χ2v) is 7.17. The molecule has 0 saturated carbocycles. The molecule has 0 saturated heterocycles. The van der Waals surface area contributed by atoms with Gasteiger partial charge in [-0.05, 0) is 52.0 Å². The van der Waals surface area contributed by atoms with Crippen LogP contribution in [0.1, 0.15) is 38.2 Å². The van der Waals surface area contributed by atoms with E-state index in [1.165, 1.54) is 4.90 Å². The summed E-state index contributed by atoms with van der Waals surface area (Å²) in [6.45, 7) is 7.88. The monoisotopic (exact) mass is 362 g/mol. The van der Waals surface area contributed by atoms with Crippen molar-refractivity contribution < 1.29 is 14.0 Å². The summed E-state index contributed by atoms with van der Waals surface area (Å²) in [5, 5.41) is 3.40. The first-order chi connectivity index (χ1) is 11.7. The highest BCUT2D eigenvalue weighted by Gasteiger charge is 2.23. The molecule has 2 aromatic rings. The Hall–Kier alpha value is -2.27. The van der Waals surface area contributed by atoms with Gasteiger partial charge in [0.05, 0.1) is 11.6 Å². The van der Waals surface area contributed by atoms with E-state index >= 15 is 0 Å². The van der Waals surface area contributed by atoms with Crippen LogP contribution in [0.25, 0.3) is 11.3 Å². The van der Waals surface area contributed by atoms with Crippen LogP contribution >= 0.6 is 11.6 Å². The number of carbonyl (C=O) groups excluding carboxylic acids is 2. The lowest BCUT2D eigenvalue weighted by molar-refractivity contribution is -0.123. The van der Waals surface area contributed by atoms with Crippen molar-refractivity contribution in [3.05, 3.63) is 47.2 Å². The molecule has 0 spiro atoms. The van der Waals surface area contributed by atoms with Crippen molar-refractivity contribution in [2.75, 3.05) is 13.1 Å². The average Bonchev–Trinajstić information content (AvgIpc) is 3.00. The van der Waals surface area contributed by atoms with Gasteiger partial charge >= 0.3 is 0 Å². The Kier molecular flexibility index (Phi) is 5.90. The lowest BCUT2D eigenvalue weighted by Crippen LogP contribution is -2.47. The smallest absolute Gasteiger partial charge is 0.290 e. The molecular weight excluding hydrogens is 340 g/mol. The van der Waals surface area contributed by atoms with Crippen molar-refractivity contribution >= 4 is 23.4 Å². The SMILES string of the molecule is CCN(CC(=O)NC(C)(C)C)C(=O)c1ccc(-c2ccccc2Cl)o1. The van der Waals surface area contributed by atoms with E-state index in [0.29, 0.717) is 17.3 Å². The lowest BCUT2D eigenvalue weighted by atomic mass is 10.1. The van der Waals surface area contributed by atoms with Crippen LogP contribution in [0.2, 0.25) is 5.02 Å². The minimum absolute atomic E-state index is 0.0191. The van der Waals surface area contributed by atoms with Crippen molar-refractivity contribution in [3.8, 4) is 11.3 Å². The number of rotatable bonds is 5. The second-order valence-electron chi connectivity index (χ2n) is 6.76. The largest absolute Gasteiger partial charge is 0.451 e. The number of furan rings is 1. The van der Waals surface area contributed by atoms with Crippen LogP contribution < -0.4 is 5.32 Å². The van der Waals surface area contributed by atoms with Gasteiger partial charge in [-0.25, -0.2) is 0 Å². The Morgan fingerprint density at radius 3 is 2.44 bits per heavy atom. The average molecular weight is 363 g/mol. The van der Waals surface area contributed by atoms with E-state index in [1.54, 1.807) is 18.2 Å². The summed E-state index contributed by atoms with van der Waals surface area (Å²) in [5.41, 5.74) is 0.373. The third-order valence-electron chi connectivity index (χ3n) is 3.47. The van der Waals surface area contributed by atoms with Crippen molar-refractivity contribution in [3.63, 3.8) is 0 Å². The predicted molar refractivity (Wildman–Crippen MR) is 98.6 cm³/mol. The summed E-state index contributed by atoms with van der Waals surface area (Å²) < 4.78 is 5.67. The van der Waals surface area contributed by atoms with E-state index in [2.05, 4.69) is 5.32 Å². The molecule has 0 bridgehead atoms. The number of hydrogen-bond donors (Lipinski definition) is 1. The Bertz CT molecular complexity index is 762. The van der Waals surface area contributed by atoms with E-state index in [-0.39, 0.29) is 29.7 Å². The van der Waals surface area contributed by atoms with Crippen molar-refractivity contribution in [2.45, 2.75) is 33.2 Å². The number of benzene rings is 1. The van der Waals surface area contributed by atoms with E-state index in [4.69, 9.17) is 16.0 Å². The Morgan fingerprint density at radius 1 is 1.16 bits per heavy atom. The second kappa shape index (κ2) is 7.74. The maximum Gasteiger partial charge on any atom is 0.290 e. The number of carbonyl (C=O) groups is 2. The van der Waals surface area contributed by atoms with Crippen LogP contribution in [0, 0.1) is 0 Å². The molecule has 6 heteroatoms. The third kappa shape index (κ3) is 5.10. The molecule has 134 valence electrons. The number of amides is 2. The zero-order valence-electron chi connectivity index (χ0n) is 14.9. The molecule has 0 unspecified atom stereocenters. The normalized spacial score (nSPS) is 11.2. The molecule has 1 heterocycles. The zero-order chi connectivity index (χ0) is 18.6. The standard InChI is InChI=1S/C19H23ClN2O3/c1-5-22(12-17(23)21-19(2,3)4)18(24)16-11-10-15(25-16)13-8-6-7-9-14(13)20/h6-11H,5,12H2,1-4H3,(H,21,23). The van der Waals surface area contributed by atoms with Gasteiger partial charge in [-0.2, -0.15) is 0 Å². The fourth-order valence-electron chi connectivity index (χ4n) is 2.37. The van der Waals surface area contributed by atoms with Gasteiger partial charge in [0.2, 0.25) is 5.91 Å². The number of nitrogens with one attached hydrogen (secondary N) is 1. The van der Waals surface area contributed by atoms with Gasteiger partial charge in [0.25, 0.3) is 5.91 Å². The summed E-state index contributed by atoms with van der Waals surface area (Å²) in [5.74, 6) is 0.162. The summed E-state index contributed by atoms with van der Waals surface area (Å²) in [6.07, 6.45) is 0. The van der Waals surface area contributed by atoms with E-state index < -0.39 is 0 Å². The van der Waals surface area contributed by atoms with E-state index in [0.717, 1.165) is 5.56 Å². The molecule has 0 fully saturated rings. The number of likely N-dealkylation sites (N-methyl/N-ethyl adjacent to an activating group) is 1. The van der Waals surface area contributed by atoms with Gasteiger partial charge in [-0.1, -0.05) is 23.7 Å². The van der Waals surface area contributed by atoms with Crippen LogP contribution in [0.5, 0.6) is 0 Å². The molecule has 0 atom stereocenters. The number of nitrogens with zero attached hydrogens (tertiary/aromatic N) is 1. The first kappa shape index (κ1) is 19.1. The zero-order valence-corrected chi connectivity index (χ0v) is 15.7. The number of halogens is 1. The highest BCUT2D eigenvalue weighted by atomic mass is 35.5. The molecule has 1 aromatic carbocycles. The molecule has 2 amide bonds. The van der Waals surface area contributed by atoms with Crippen LogP contribution in [0.15, 0.2) is 40.8 Å². The molecule has 25 heavy (non-hydrogen) atoms. The minimum atomic E-state index is -0.346. The van der Waals surface area contributed by atoms with Crippen LogP contribution in [-0.4, -0.2) is 35.3 Å². The molecule has 0 aliphatic rings. The van der Waals surface area contributed by atoms with Crippen LogP contribution in [0.4, 0.5) is 0 Å². The van der Waals surface area contributed by atoms with Gasteiger partial charge in [0.15, 0.2) is 5.76 Å². The first-order valence-electron chi connectivity index (χ1n) is 8.16.